The molecule has 0 radical (unpaired) electrons. The molecule has 106 valence electrons. The lowest BCUT2D eigenvalue weighted by atomic mass is 10.3. The van der Waals surface area contributed by atoms with Crippen molar-refractivity contribution in [1.82, 2.24) is 14.2 Å². The van der Waals surface area contributed by atoms with Crippen molar-refractivity contribution < 1.29 is 4.79 Å². The number of rotatable bonds is 3. The summed E-state index contributed by atoms with van der Waals surface area (Å²) in [6.07, 6.45) is 1.62. The number of hydrogen-bond donors (Lipinski definition) is 1. The van der Waals surface area contributed by atoms with E-state index in [2.05, 4.69) is 26.3 Å². The van der Waals surface area contributed by atoms with Crippen LogP contribution in [0.5, 0.6) is 0 Å². The highest BCUT2D eigenvalue weighted by atomic mass is 79.9. The Balaban J connectivity index is 1.80. The number of amides is 1. The van der Waals surface area contributed by atoms with E-state index in [1.807, 2.05) is 12.1 Å². The van der Waals surface area contributed by atoms with Crippen LogP contribution in [0.15, 0.2) is 57.9 Å². The van der Waals surface area contributed by atoms with Crippen LogP contribution in [-0.4, -0.2) is 20.1 Å². The first kappa shape index (κ1) is 13.6. The first-order chi connectivity index (χ1) is 10.1. The topological polar surface area (TPSA) is 68.4 Å². The molecular formula is C14H11BrN4O2. The number of halogens is 1. The fourth-order valence-electron chi connectivity index (χ4n) is 1.97. The van der Waals surface area contributed by atoms with Crippen molar-refractivity contribution in [3.8, 4) is 0 Å². The number of fused-ring (bicyclic) bond motifs is 1. The maximum atomic E-state index is 12.0. The number of anilines is 1. The van der Waals surface area contributed by atoms with E-state index in [9.17, 15) is 9.59 Å². The molecule has 7 heteroatoms. The number of aromatic nitrogens is 3. The molecule has 3 aromatic rings. The Kier molecular flexibility index (Phi) is 3.57. The Morgan fingerprint density at radius 3 is 2.86 bits per heavy atom. The van der Waals surface area contributed by atoms with Gasteiger partial charge in [0.25, 0.3) is 0 Å². The van der Waals surface area contributed by atoms with E-state index in [0.717, 1.165) is 9.15 Å². The highest BCUT2D eigenvalue weighted by Gasteiger charge is 2.10. The van der Waals surface area contributed by atoms with Gasteiger partial charge in [-0.2, -0.15) is 0 Å². The fraction of sp³-hybridized carbons (Fsp3) is 0.0714. The lowest BCUT2D eigenvalue weighted by molar-refractivity contribution is -0.117. The highest BCUT2D eigenvalue weighted by molar-refractivity contribution is 9.10. The average molecular weight is 347 g/mol. The van der Waals surface area contributed by atoms with Crippen molar-refractivity contribution in [2.45, 2.75) is 6.54 Å². The van der Waals surface area contributed by atoms with E-state index in [0.29, 0.717) is 11.3 Å². The summed E-state index contributed by atoms with van der Waals surface area (Å²) in [5.74, 6) is -0.307. The van der Waals surface area contributed by atoms with E-state index in [1.165, 1.54) is 4.40 Å². The van der Waals surface area contributed by atoms with Gasteiger partial charge < -0.3 is 5.32 Å². The second-order valence-electron chi connectivity index (χ2n) is 4.43. The third kappa shape index (κ3) is 2.87. The molecule has 0 aliphatic heterocycles. The molecule has 0 unspecified atom stereocenters. The summed E-state index contributed by atoms with van der Waals surface area (Å²) < 4.78 is 3.40. The van der Waals surface area contributed by atoms with Crippen molar-refractivity contribution in [1.29, 1.82) is 0 Å². The van der Waals surface area contributed by atoms with Gasteiger partial charge in [0.05, 0.1) is 0 Å². The summed E-state index contributed by atoms with van der Waals surface area (Å²) in [5, 5.41) is 6.83. The largest absolute Gasteiger partial charge is 0.350 e. The third-order valence-electron chi connectivity index (χ3n) is 2.89. The van der Waals surface area contributed by atoms with Crippen molar-refractivity contribution in [3.63, 3.8) is 0 Å². The summed E-state index contributed by atoms with van der Waals surface area (Å²) in [6, 6.07) is 12.5. The molecule has 2 aromatic heterocycles. The predicted molar refractivity (Wildman–Crippen MR) is 82.2 cm³/mol. The second kappa shape index (κ2) is 5.53. The minimum atomic E-state index is -0.338. The number of carbonyl (C=O) groups is 1. The van der Waals surface area contributed by atoms with Crippen LogP contribution in [0.1, 0.15) is 0 Å². The maximum Gasteiger partial charge on any atom is 0.350 e. The standard InChI is InChI=1S/C14H11BrN4O2/c15-10-4-3-5-11(8-10)16-13(20)9-19-14(21)18-7-2-1-6-12(18)17-19/h1-8H,9H2,(H,16,20). The Morgan fingerprint density at radius 2 is 2.10 bits per heavy atom. The summed E-state index contributed by atoms with van der Waals surface area (Å²) in [5.41, 5.74) is 0.832. The molecule has 3 rings (SSSR count). The van der Waals surface area contributed by atoms with E-state index in [4.69, 9.17) is 0 Å². The van der Waals surface area contributed by atoms with Crippen LogP contribution in [0.25, 0.3) is 5.65 Å². The molecular weight excluding hydrogens is 336 g/mol. The molecule has 0 atom stereocenters. The molecule has 0 aliphatic carbocycles. The van der Waals surface area contributed by atoms with Crippen LogP contribution in [0.2, 0.25) is 0 Å². The second-order valence-corrected chi connectivity index (χ2v) is 5.34. The van der Waals surface area contributed by atoms with Gasteiger partial charge in [0.2, 0.25) is 5.91 Å². The molecule has 0 saturated carbocycles. The normalized spacial score (nSPS) is 10.7. The van der Waals surface area contributed by atoms with E-state index in [-0.39, 0.29) is 18.1 Å². The van der Waals surface area contributed by atoms with Gasteiger partial charge in [0.15, 0.2) is 5.65 Å². The average Bonchev–Trinajstić information content (AvgIpc) is 2.76. The number of hydrogen-bond acceptors (Lipinski definition) is 3. The van der Waals surface area contributed by atoms with Gasteiger partial charge in [-0.05, 0) is 30.3 Å². The minimum absolute atomic E-state index is 0.132. The number of pyridine rings is 1. The van der Waals surface area contributed by atoms with Crippen molar-refractivity contribution in [3.05, 3.63) is 63.6 Å². The minimum Gasteiger partial charge on any atom is -0.324 e. The number of carbonyl (C=O) groups excluding carboxylic acids is 1. The van der Waals surface area contributed by atoms with Gasteiger partial charge in [-0.15, -0.1) is 5.10 Å². The Hall–Kier alpha value is -2.41. The van der Waals surface area contributed by atoms with Gasteiger partial charge in [-0.1, -0.05) is 28.1 Å². The molecule has 0 spiro atoms. The number of benzene rings is 1. The van der Waals surface area contributed by atoms with Crippen molar-refractivity contribution in [2.24, 2.45) is 0 Å². The number of nitrogens with zero attached hydrogens (tertiary/aromatic N) is 3. The molecule has 0 bridgehead atoms. The zero-order valence-electron chi connectivity index (χ0n) is 10.9. The SMILES string of the molecule is O=C(Cn1nc2ccccn2c1=O)Nc1cccc(Br)c1. The number of nitrogens with one attached hydrogen (secondary N) is 1. The fourth-order valence-corrected chi connectivity index (χ4v) is 2.37. The predicted octanol–water partition coefficient (Wildman–Crippen LogP) is 1.90. The summed E-state index contributed by atoms with van der Waals surface area (Å²) >= 11 is 3.33. The van der Waals surface area contributed by atoms with Gasteiger partial charge in [0, 0.05) is 16.4 Å². The molecule has 1 amide bonds. The highest BCUT2D eigenvalue weighted by Crippen LogP contribution is 2.15. The molecule has 0 aliphatic rings. The van der Waals surface area contributed by atoms with Crippen LogP contribution in [0.3, 0.4) is 0 Å². The molecule has 2 heterocycles. The Morgan fingerprint density at radius 1 is 1.24 bits per heavy atom. The zero-order valence-corrected chi connectivity index (χ0v) is 12.4. The van der Waals surface area contributed by atoms with Crippen LogP contribution in [0.4, 0.5) is 5.69 Å². The summed E-state index contributed by atoms with van der Waals surface area (Å²) in [4.78, 5) is 24.0. The smallest absolute Gasteiger partial charge is 0.324 e. The van der Waals surface area contributed by atoms with Crippen molar-refractivity contribution in [2.75, 3.05) is 5.32 Å². The van der Waals surface area contributed by atoms with Gasteiger partial charge in [-0.25, -0.2) is 9.48 Å². The van der Waals surface area contributed by atoms with E-state index in [1.54, 1.807) is 36.5 Å². The quantitative estimate of drug-likeness (QED) is 0.787. The summed E-state index contributed by atoms with van der Waals surface area (Å²) in [6.45, 7) is -0.132. The van der Waals surface area contributed by atoms with Crippen LogP contribution in [-0.2, 0) is 11.3 Å². The van der Waals surface area contributed by atoms with E-state index < -0.39 is 0 Å². The molecule has 0 fully saturated rings. The third-order valence-corrected chi connectivity index (χ3v) is 3.38. The molecule has 0 saturated heterocycles. The van der Waals surface area contributed by atoms with Crippen molar-refractivity contribution >= 4 is 33.2 Å². The zero-order chi connectivity index (χ0) is 14.8. The molecule has 1 aromatic carbocycles. The van der Waals surface area contributed by atoms with Crippen LogP contribution < -0.4 is 11.0 Å². The van der Waals surface area contributed by atoms with Crippen LogP contribution in [0, 0.1) is 0 Å². The Bertz CT molecular complexity index is 869. The van der Waals surface area contributed by atoms with Crippen LogP contribution >= 0.6 is 15.9 Å². The van der Waals surface area contributed by atoms with Gasteiger partial charge in [-0.3, -0.25) is 9.20 Å². The lowest BCUT2D eigenvalue weighted by Gasteiger charge is -2.04. The van der Waals surface area contributed by atoms with E-state index >= 15 is 0 Å². The Labute approximate surface area is 128 Å². The van der Waals surface area contributed by atoms with Gasteiger partial charge in [0.1, 0.15) is 6.54 Å². The lowest BCUT2D eigenvalue weighted by Crippen LogP contribution is -2.28. The molecule has 1 N–H and O–H groups in total. The monoisotopic (exact) mass is 346 g/mol. The summed E-state index contributed by atoms with van der Waals surface area (Å²) in [7, 11) is 0. The first-order valence-electron chi connectivity index (χ1n) is 6.23. The molecule has 21 heavy (non-hydrogen) atoms. The maximum absolute atomic E-state index is 12.0. The molecule has 6 nitrogen and oxygen atoms in total. The first-order valence-corrected chi connectivity index (χ1v) is 7.02. The van der Waals surface area contributed by atoms with Gasteiger partial charge >= 0.3 is 5.69 Å².